The van der Waals surface area contributed by atoms with Crippen LogP contribution in [0.2, 0.25) is 0 Å². The number of carbonyl (C=O) groups is 1. The maximum atomic E-state index is 12.3. The van der Waals surface area contributed by atoms with Gasteiger partial charge >= 0.3 is 5.97 Å². The molecule has 134 valence electrons. The average Bonchev–Trinajstić information content (AvgIpc) is 2.64. The molecule has 0 amide bonds. The van der Waals surface area contributed by atoms with Crippen molar-refractivity contribution in [3.63, 3.8) is 0 Å². The summed E-state index contributed by atoms with van der Waals surface area (Å²) >= 11 is 2.20. The van der Waals surface area contributed by atoms with Crippen LogP contribution in [0, 0.1) is 3.57 Å². The Morgan fingerprint density at radius 3 is 2.48 bits per heavy atom. The predicted molar refractivity (Wildman–Crippen MR) is 108 cm³/mol. The Bertz CT molecular complexity index is 657. The number of halogens is 1. The molecule has 0 heterocycles. The zero-order valence-corrected chi connectivity index (χ0v) is 16.7. The summed E-state index contributed by atoms with van der Waals surface area (Å²) in [6.07, 6.45) is 2.26. The van der Waals surface area contributed by atoms with Gasteiger partial charge in [0.05, 0.1) is 0 Å². The first-order chi connectivity index (χ1) is 12.1. The molecular formula is C21H25IO3. The molecule has 0 saturated heterocycles. The van der Waals surface area contributed by atoms with Gasteiger partial charge in [-0.05, 0) is 59.0 Å². The summed E-state index contributed by atoms with van der Waals surface area (Å²) < 4.78 is 6.63. The van der Waals surface area contributed by atoms with E-state index >= 15 is 0 Å². The summed E-state index contributed by atoms with van der Waals surface area (Å²) in [5.41, 5.74) is 1.93. The summed E-state index contributed by atoms with van der Waals surface area (Å²) in [6, 6.07) is 17.6. The van der Waals surface area contributed by atoms with E-state index in [0.717, 1.165) is 27.5 Å². The van der Waals surface area contributed by atoms with Gasteiger partial charge in [-0.3, -0.25) is 4.79 Å². The van der Waals surface area contributed by atoms with Crippen LogP contribution in [0.5, 0.6) is 0 Å². The first-order valence-electron chi connectivity index (χ1n) is 8.77. The lowest BCUT2D eigenvalue weighted by Gasteiger charge is -2.24. The van der Waals surface area contributed by atoms with Crippen LogP contribution in [-0.4, -0.2) is 17.2 Å². The Labute approximate surface area is 163 Å². The molecule has 3 nitrogen and oxygen atoms in total. The topological polar surface area (TPSA) is 46.5 Å². The van der Waals surface area contributed by atoms with Crippen molar-refractivity contribution in [1.29, 1.82) is 0 Å². The van der Waals surface area contributed by atoms with Crippen LogP contribution in [0.4, 0.5) is 0 Å². The number of rotatable bonds is 9. The molecule has 2 aromatic carbocycles. The van der Waals surface area contributed by atoms with E-state index in [1.165, 1.54) is 0 Å². The van der Waals surface area contributed by atoms with Crippen LogP contribution >= 0.6 is 22.6 Å². The van der Waals surface area contributed by atoms with Crippen molar-refractivity contribution in [2.24, 2.45) is 0 Å². The van der Waals surface area contributed by atoms with Crippen molar-refractivity contribution in [3.05, 3.63) is 69.3 Å². The molecule has 4 heteroatoms. The normalized spacial score (nSPS) is 13.2. The monoisotopic (exact) mass is 452 g/mol. The summed E-state index contributed by atoms with van der Waals surface area (Å²) in [6.45, 7) is 2.09. The summed E-state index contributed by atoms with van der Waals surface area (Å²) in [5, 5.41) is 10.7. The average molecular weight is 452 g/mol. The second-order valence-corrected chi connectivity index (χ2v) is 7.28. The van der Waals surface area contributed by atoms with Crippen molar-refractivity contribution in [3.8, 4) is 0 Å². The van der Waals surface area contributed by atoms with Crippen LogP contribution in [0.15, 0.2) is 54.6 Å². The highest BCUT2D eigenvalue weighted by atomic mass is 127. The van der Waals surface area contributed by atoms with Gasteiger partial charge in [0.25, 0.3) is 0 Å². The highest BCUT2D eigenvalue weighted by Gasteiger charge is 2.25. The van der Waals surface area contributed by atoms with Gasteiger partial charge in [-0.2, -0.15) is 0 Å². The molecule has 2 atom stereocenters. The fourth-order valence-electron chi connectivity index (χ4n) is 2.72. The van der Waals surface area contributed by atoms with Gasteiger partial charge in [0.1, 0.15) is 12.2 Å². The molecule has 0 aliphatic rings. The molecule has 0 fully saturated rings. The zero-order valence-electron chi connectivity index (χ0n) is 14.5. The number of ether oxygens (including phenoxy) is 1. The maximum absolute atomic E-state index is 12.3. The Morgan fingerprint density at radius 1 is 1.12 bits per heavy atom. The number of esters is 1. The van der Waals surface area contributed by atoms with Gasteiger partial charge in [0.15, 0.2) is 0 Å². The lowest BCUT2D eigenvalue weighted by molar-refractivity contribution is -0.156. The van der Waals surface area contributed by atoms with Crippen LogP contribution in [0.3, 0.4) is 0 Å². The second-order valence-electron chi connectivity index (χ2n) is 6.12. The van der Waals surface area contributed by atoms with Gasteiger partial charge < -0.3 is 9.84 Å². The molecule has 25 heavy (non-hydrogen) atoms. The van der Waals surface area contributed by atoms with E-state index in [9.17, 15) is 9.90 Å². The number of aryl methyl sites for hydroxylation is 1. The van der Waals surface area contributed by atoms with Crippen molar-refractivity contribution < 1.29 is 14.6 Å². The van der Waals surface area contributed by atoms with E-state index in [1.807, 2.05) is 54.6 Å². The van der Waals surface area contributed by atoms with E-state index in [2.05, 4.69) is 29.5 Å². The molecule has 2 aromatic rings. The maximum Gasteiger partial charge on any atom is 0.306 e. The molecule has 0 spiro atoms. The fraction of sp³-hybridized carbons (Fsp3) is 0.381. The lowest BCUT2D eigenvalue weighted by atomic mass is 10.00. The van der Waals surface area contributed by atoms with Crippen LogP contribution in [0.25, 0.3) is 0 Å². The molecule has 0 unspecified atom stereocenters. The number of aliphatic hydroxyl groups is 1. The number of aliphatic hydroxyl groups excluding tert-OH is 1. The standard InChI is InChI=1S/C21H25IO3/c1-2-3-13-19(21(24)17-11-7-8-12-18(17)22)25-20(23)15-14-16-9-5-4-6-10-16/h4-12,19,21,24H,2-3,13-15H2,1H3/t19-,21-/m0/s1. The van der Waals surface area contributed by atoms with Gasteiger partial charge in [-0.1, -0.05) is 61.9 Å². The van der Waals surface area contributed by atoms with E-state index < -0.39 is 12.2 Å². The lowest BCUT2D eigenvalue weighted by Crippen LogP contribution is -2.26. The number of carbonyl (C=O) groups excluding carboxylic acids is 1. The molecule has 0 aliphatic carbocycles. The largest absolute Gasteiger partial charge is 0.459 e. The molecule has 0 bridgehead atoms. The van der Waals surface area contributed by atoms with Crippen molar-refractivity contribution >= 4 is 28.6 Å². The summed E-state index contributed by atoms with van der Waals surface area (Å²) in [5.74, 6) is -0.255. The van der Waals surface area contributed by atoms with E-state index in [0.29, 0.717) is 19.3 Å². The van der Waals surface area contributed by atoms with Gasteiger partial charge in [-0.25, -0.2) is 0 Å². The summed E-state index contributed by atoms with van der Waals surface area (Å²) in [7, 11) is 0. The highest BCUT2D eigenvalue weighted by molar-refractivity contribution is 14.1. The Hall–Kier alpha value is -1.40. The van der Waals surface area contributed by atoms with Crippen LogP contribution in [-0.2, 0) is 16.0 Å². The SMILES string of the molecule is CCCC[C@H](OC(=O)CCc1ccccc1)[C@@H](O)c1ccccc1I. The third kappa shape index (κ3) is 6.44. The highest BCUT2D eigenvalue weighted by Crippen LogP contribution is 2.27. The number of hydrogen-bond acceptors (Lipinski definition) is 3. The van der Waals surface area contributed by atoms with Crippen molar-refractivity contribution in [2.75, 3.05) is 0 Å². The van der Waals surface area contributed by atoms with Gasteiger partial charge in [-0.15, -0.1) is 0 Å². The molecule has 2 rings (SSSR count). The number of benzene rings is 2. The number of hydrogen-bond donors (Lipinski definition) is 1. The molecule has 0 aliphatic heterocycles. The van der Waals surface area contributed by atoms with Crippen molar-refractivity contribution in [1.82, 2.24) is 0 Å². The zero-order chi connectivity index (χ0) is 18.1. The quantitative estimate of drug-likeness (QED) is 0.428. The first-order valence-corrected chi connectivity index (χ1v) is 9.85. The molecule has 0 saturated carbocycles. The van der Waals surface area contributed by atoms with E-state index in [1.54, 1.807) is 0 Å². The minimum Gasteiger partial charge on any atom is -0.459 e. The van der Waals surface area contributed by atoms with Gasteiger partial charge in [0, 0.05) is 9.99 Å². The minimum atomic E-state index is -0.791. The predicted octanol–water partition coefficient (Wildman–Crippen LogP) is 5.06. The Kier molecular flexibility index (Phi) is 8.41. The third-order valence-electron chi connectivity index (χ3n) is 4.16. The Balaban J connectivity index is 1.99. The molecular weight excluding hydrogens is 427 g/mol. The number of unbranched alkanes of at least 4 members (excludes halogenated alkanes) is 1. The first kappa shape index (κ1) is 19.9. The van der Waals surface area contributed by atoms with E-state index in [4.69, 9.17) is 4.74 Å². The minimum absolute atomic E-state index is 0.255. The molecule has 0 radical (unpaired) electrons. The second kappa shape index (κ2) is 10.6. The van der Waals surface area contributed by atoms with Crippen molar-refractivity contribution in [2.45, 2.75) is 51.2 Å². The summed E-state index contributed by atoms with van der Waals surface area (Å²) in [4.78, 5) is 12.3. The molecule has 0 aromatic heterocycles. The molecule has 1 N–H and O–H groups in total. The van der Waals surface area contributed by atoms with Crippen LogP contribution < -0.4 is 0 Å². The smallest absolute Gasteiger partial charge is 0.306 e. The third-order valence-corrected chi connectivity index (χ3v) is 5.14. The van der Waals surface area contributed by atoms with Gasteiger partial charge in [0.2, 0.25) is 0 Å². The van der Waals surface area contributed by atoms with Crippen LogP contribution in [0.1, 0.15) is 49.8 Å². The Morgan fingerprint density at radius 2 is 1.80 bits per heavy atom. The van der Waals surface area contributed by atoms with E-state index in [-0.39, 0.29) is 5.97 Å². The fourth-order valence-corrected chi connectivity index (χ4v) is 3.43.